The summed E-state index contributed by atoms with van der Waals surface area (Å²) in [4.78, 5) is 28.0. The van der Waals surface area contributed by atoms with Gasteiger partial charge in [-0.2, -0.15) is 0 Å². The van der Waals surface area contributed by atoms with Gasteiger partial charge < -0.3 is 30.6 Å². The van der Waals surface area contributed by atoms with Crippen LogP contribution in [-0.2, 0) is 4.84 Å². The van der Waals surface area contributed by atoms with E-state index in [0.717, 1.165) is 30.0 Å². The number of amides is 2. The number of carbonyl (C=O) groups excluding carboxylic acids is 1. The molecule has 3 heterocycles. The molecule has 3 N–H and O–H groups in total. The van der Waals surface area contributed by atoms with E-state index in [1.807, 2.05) is 23.1 Å². The van der Waals surface area contributed by atoms with E-state index in [9.17, 15) is 4.79 Å². The second kappa shape index (κ2) is 9.55. The van der Waals surface area contributed by atoms with Crippen LogP contribution in [0.2, 0.25) is 0 Å². The van der Waals surface area contributed by atoms with Crippen LogP contribution in [0.15, 0.2) is 41.7 Å². The maximum atomic E-state index is 12.7. The van der Waals surface area contributed by atoms with Gasteiger partial charge in [0.05, 0.1) is 17.5 Å². The van der Waals surface area contributed by atoms with Crippen LogP contribution in [0.3, 0.4) is 0 Å². The van der Waals surface area contributed by atoms with E-state index in [4.69, 9.17) is 10.6 Å². The van der Waals surface area contributed by atoms with Crippen LogP contribution >= 0.6 is 0 Å². The Labute approximate surface area is 182 Å². The molecule has 0 radical (unpaired) electrons. The minimum Gasteiger partial charge on any atom is -0.399 e. The number of piperazine rings is 1. The molecule has 4 rings (SSSR count). The highest BCUT2D eigenvalue weighted by atomic mass is 16.6. The average Bonchev–Trinajstić information content (AvgIpc) is 3.34. The van der Waals surface area contributed by atoms with Crippen molar-refractivity contribution in [3.63, 3.8) is 0 Å². The Bertz CT molecular complexity index is 918. The number of nitrogens with zero attached hydrogens (tertiary/aromatic N) is 5. The smallest absolute Gasteiger partial charge is 0.321 e. The van der Waals surface area contributed by atoms with Crippen molar-refractivity contribution in [1.82, 2.24) is 9.88 Å². The Morgan fingerprint density at radius 3 is 2.45 bits per heavy atom. The van der Waals surface area contributed by atoms with Crippen molar-refractivity contribution in [2.75, 3.05) is 67.2 Å². The molecule has 0 atom stereocenters. The van der Waals surface area contributed by atoms with Crippen molar-refractivity contribution in [1.29, 1.82) is 0 Å². The maximum Gasteiger partial charge on any atom is 0.321 e. The number of rotatable bonds is 5. The Hall–Kier alpha value is -3.49. The molecule has 0 aliphatic carbocycles. The van der Waals surface area contributed by atoms with Crippen molar-refractivity contribution in [3.05, 3.63) is 42.1 Å². The van der Waals surface area contributed by atoms with Crippen LogP contribution in [0.5, 0.6) is 0 Å². The number of anilines is 4. The summed E-state index contributed by atoms with van der Waals surface area (Å²) in [5, 5.41) is 6.85. The third-order valence-electron chi connectivity index (χ3n) is 5.78. The average molecular weight is 424 g/mol. The van der Waals surface area contributed by atoms with Crippen molar-refractivity contribution < 1.29 is 9.63 Å². The number of benzene rings is 1. The summed E-state index contributed by atoms with van der Waals surface area (Å²) in [6, 6.07) is 9.94. The molecule has 2 aromatic rings. The molecule has 0 spiro atoms. The summed E-state index contributed by atoms with van der Waals surface area (Å²) in [5.74, 6) is 0.399. The monoisotopic (exact) mass is 423 g/mol. The standard InChI is InChI=1S/C22H29N7O2/c1-31-25-16-19-20(8-9-24-21(19)23)28-12-14-29(15-13-28)22(30)26-17-4-6-18(7-5-17)27-10-2-3-11-27/h4-9,16H,2-3,10-15H2,1H3,(H2,23,24)(H,26,30)/b25-16-. The second-order valence-corrected chi connectivity index (χ2v) is 7.69. The summed E-state index contributed by atoms with van der Waals surface area (Å²) in [7, 11) is 1.49. The second-order valence-electron chi connectivity index (χ2n) is 7.69. The number of hydrogen-bond donors (Lipinski definition) is 2. The van der Waals surface area contributed by atoms with Gasteiger partial charge in [-0.3, -0.25) is 0 Å². The van der Waals surface area contributed by atoms with Gasteiger partial charge in [0.1, 0.15) is 12.9 Å². The predicted octanol–water partition coefficient (Wildman–Crippen LogP) is 2.60. The molecule has 9 heteroatoms. The number of oxime groups is 1. The first kappa shape index (κ1) is 20.8. The van der Waals surface area contributed by atoms with Crippen LogP contribution in [0, 0.1) is 0 Å². The van der Waals surface area contributed by atoms with Crippen LogP contribution < -0.4 is 20.9 Å². The van der Waals surface area contributed by atoms with Gasteiger partial charge >= 0.3 is 6.03 Å². The summed E-state index contributed by atoms with van der Waals surface area (Å²) < 4.78 is 0. The predicted molar refractivity (Wildman–Crippen MR) is 124 cm³/mol. The molecule has 0 saturated carbocycles. The zero-order valence-electron chi connectivity index (χ0n) is 17.8. The number of nitrogens with two attached hydrogens (primary N) is 1. The minimum atomic E-state index is -0.0796. The van der Waals surface area contributed by atoms with E-state index in [1.165, 1.54) is 25.6 Å². The van der Waals surface area contributed by atoms with E-state index in [1.54, 1.807) is 12.4 Å². The molecule has 2 fully saturated rings. The fraction of sp³-hybridized carbons (Fsp3) is 0.409. The van der Waals surface area contributed by atoms with E-state index < -0.39 is 0 Å². The van der Waals surface area contributed by atoms with Gasteiger partial charge in [-0.15, -0.1) is 0 Å². The van der Waals surface area contributed by atoms with E-state index in [0.29, 0.717) is 32.0 Å². The quantitative estimate of drug-likeness (QED) is 0.567. The molecule has 2 aliphatic heterocycles. The molecule has 2 aliphatic rings. The zero-order chi connectivity index (χ0) is 21.6. The molecule has 2 amide bonds. The summed E-state index contributed by atoms with van der Waals surface area (Å²) in [5.41, 5.74) is 9.71. The number of carbonyl (C=O) groups is 1. The Morgan fingerprint density at radius 2 is 1.77 bits per heavy atom. The number of nitrogen functional groups attached to an aromatic ring is 1. The maximum absolute atomic E-state index is 12.7. The van der Waals surface area contributed by atoms with Crippen molar-refractivity contribution in [2.45, 2.75) is 12.8 Å². The van der Waals surface area contributed by atoms with Crippen LogP contribution in [0.25, 0.3) is 0 Å². The molecular weight excluding hydrogens is 394 g/mol. The summed E-state index contributed by atoms with van der Waals surface area (Å²) in [6.07, 6.45) is 5.75. The summed E-state index contributed by atoms with van der Waals surface area (Å²) >= 11 is 0. The molecule has 2 saturated heterocycles. The van der Waals surface area contributed by atoms with Gasteiger partial charge in [0.2, 0.25) is 0 Å². The normalized spacial score (nSPS) is 16.7. The largest absolute Gasteiger partial charge is 0.399 e. The van der Waals surface area contributed by atoms with E-state index in [-0.39, 0.29) is 6.03 Å². The van der Waals surface area contributed by atoms with Gasteiger partial charge in [-0.25, -0.2) is 9.78 Å². The molecule has 9 nitrogen and oxygen atoms in total. The number of urea groups is 1. The highest BCUT2D eigenvalue weighted by Gasteiger charge is 2.23. The van der Waals surface area contributed by atoms with Crippen molar-refractivity contribution in [3.8, 4) is 0 Å². The Balaban J connectivity index is 1.34. The fourth-order valence-corrected chi connectivity index (χ4v) is 4.08. The van der Waals surface area contributed by atoms with Crippen molar-refractivity contribution >= 4 is 35.1 Å². The van der Waals surface area contributed by atoms with Crippen LogP contribution in [-0.4, -0.2) is 68.5 Å². The van der Waals surface area contributed by atoms with Crippen molar-refractivity contribution in [2.24, 2.45) is 5.16 Å². The van der Waals surface area contributed by atoms with Gasteiger partial charge in [0.25, 0.3) is 0 Å². The molecular formula is C22H29N7O2. The zero-order valence-corrected chi connectivity index (χ0v) is 17.8. The van der Waals surface area contributed by atoms with Gasteiger partial charge in [0, 0.05) is 56.8 Å². The number of pyridine rings is 1. The number of aromatic nitrogens is 1. The topological polar surface area (TPSA) is 99.3 Å². The molecule has 0 unspecified atom stereocenters. The molecule has 1 aromatic carbocycles. The van der Waals surface area contributed by atoms with Gasteiger partial charge in [0.15, 0.2) is 0 Å². The molecule has 0 bridgehead atoms. The summed E-state index contributed by atoms with van der Waals surface area (Å²) in [6.45, 7) is 4.83. The SMILES string of the molecule is CO/N=C\c1c(N2CCN(C(=O)Nc3ccc(N4CCCC4)cc3)CC2)ccnc1N. The molecule has 164 valence electrons. The lowest BCUT2D eigenvalue weighted by Crippen LogP contribution is -2.50. The highest BCUT2D eigenvalue weighted by molar-refractivity contribution is 5.93. The highest BCUT2D eigenvalue weighted by Crippen LogP contribution is 2.25. The lowest BCUT2D eigenvalue weighted by atomic mass is 10.2. The van der Waals surface area contributed by atoms with Gasteiger partial charge in [-0.05, 0) is 43.2 Å². The van der Waals surface area contributed by atoms with Crippen LogP contribution in [0.4, 0.5) is 27.7 Å². The first-order valence-corrected chi connectivity index (χ1v) is 10.6. The Kier molecular flexibility index (Phi) is 6.40. The van der Waals surface area contributed by atoms with Crippen LogP contribution in [0.1, 0.15) is 18.4 Å². The third kappa shape index (κ3) is 4.82. The number of nitrogens with one attached hydrogen (secondary N) is 1. The molecule has 1 aromatic heterocycles. The van der Waals surface area contributed by atoms with E-state index >= 15 is 0 Å². The van der Waals surface area contributed by atoms with E-state index in [2.05, 4.69) is 37.4 Å². The first-order valence-electron chi connectivity index (χ1n) is 10.6. The lowest BCUT2D eigenvalue weighted by molar-refractivity contribution is 0.208. The Morgan fingerprint density at radius 1 is 1.06 bits per heavy atom. The lowest BCUT2D eigenvalue weighted by Gasteiger charge is -2.36. The first-order chi connectivity index (χ1) is 15.2. The molecule has 31 heavy (non-hydrogen) atoms. The fourth-order valence-electron chi connectivity index (χ4n) is 4.08. The third-order valence-corrected chi connectivity index (χ3v) is 5.78. The van der Waals surface area contributed by atoms with Gasteiger partial charge in [-0.1, -0.05) is 5.16 Å². The number of hydrogen-bond acceptors (Lipinski definition) is 7. The minimum absolute atomic E-state index is 0.0796.